The average molecular weight is 243 g/mol. The average Bonchev–Trinajstić information content (AvgIpc) is 2.37. The molecule has 2 rings (SSSR count). The van der Waals surface area contributed by atoms with Crippen molar-refractivity contribution in [1.82, 2.24) is 4.98 Å². The lowest BCUT2D eigenvalue weighted by molar-refractivity contribution is 0.296. The number of nitrogens with zero attached hydrogens (tertiary/aromatic N) is 1. The first-order valence-corrected chi connectivity index (χ1v) is 5.93. The van der Waals surface area contributed by atoms with Gasteiger partial charge in [0.05, 0.1) is 24.8 Å². The summed E-state index contributed by atoms with van der Waals surface area (Å²) in [7, 11) is 1.64. The third-order valence-corrected chi connectivity index (χ3v) is 2.77. The highest BCUT2D eigenvalue weighted by molar-refractivity contribution is 5.85. The van der Waals surface area contributed by atoms with Crippen molar-refractivity contribution in [3.05, 3.63) is 42.1 Å². The molecular formula is C15H17NO2. The Bertz CT molecular complexity index is 590. The second kappa shape index (κ2) is 5.08. The van der Waals surface area contributed by atoms with Crippen LogP contribution >= 0.6 is 0 Å². The van der Waals surface area contributed by atoms with Crippen molar-refractivity contribution in [3.63, 3.8) is 0 Å². The van der Waals surface area contributed by atoms with Gasteiger partial charge in [0, 0.05) is 17.1 Å². The van der Waals surface area contributed by atoms with Crippen LogP contribution in [-0.4, -0.2) is 18.7 Å². The number of hydrogen-bond acceptors (Lipinski definition) is 3. The molecule has 2 aromatic rings. The minimum atomic E-state index is 0.589. The van der Waals surface area contributed by atoms with Gasteiger partial charge in [0.15, 0.2) is 0 Å². The summed E-state index contributed by atoms with van der Waals surface area (Å²) in [5, 5.41) is 1.05. The van der Waals surface area contributed by atoms with Crippen molar-refractivity contribution >= 4 is 16.7 Å². The molecule has 3 nitrogen and oxygen atoms in total. The smallest absolute Gasteiger partial charge is 0.131 e. The van der Waals surface area contributed by atoms with Crippen molar-refractivity contribution in [2.75, 3.05) is 13.7 Å². The summed E-state index contributed by atoms with van der Waals surface area (Å²) in [6.07, 6.45) is 0. The maximum absolute atomic E-state index is 5.45. The van der Waals surface area contributed by atoms with Crippen LogP contribution in [0.4, 0.5) is 0 Å². The first kappa shape index (κ1) is 12.4. The lowest BCUT2D eigenvalue weighted by atomic mass is 10.1. The minimum Gasteiger partial charge on any atom is -0.496 e. The SMILES string of the molecule is C=C(OCC)c1cc2ccc(C)nc2cc1OC. The number of aryl methyl sites for hydroxylation is 1. The molecule has 0 aliphatic heterocycles. The summed E-state index contributed by atoms with van der Waals surface area (Å²) < 4.78 is 10.8. The molecule has 0 amide bonds. The van der Waals surface area contributed by atoms with Crippen molar-refractivity contribution < 1.29 is 9.47 Å². The minimum absolute atomic E-state index is 0.589. The summed E-state index contributed by atoms with van der Waals surface area (Å²) in [5.41, 5.74) is 2.78. The van der Waals surface area contributed by atoms with E-state index in [1.165, 1.54) is 0 Å². The van der Waals surface area contributed by atoms with Crippen LogP contribution in [0.15, 0.2) is 30.8 Å². The molecule has 0 fully saturated rings. The molecule has 18 heavy (non-hydrogen) atoms. The maximum Gasteiger partial charge on any atom is 0.131 e. The van der Waals surface area contributed by atoms with Crippen molar-refractivity contribution in [2.24, 2.45) is 0 Å². The normalized spacial score (nSPS) is 10.4. The van der Waals surface area contributed by atoms with E-state index in [2.05, 4.69) is 11.6 Å². The Hall–Kier alpha value is -2.03. The molecule has 0 aliphatic carbocycles. The van der Waals surface area contributed by atoms with Gasteiger partial charge in [-0.15, -0.1) is 0 Å². The van der Waals surface area contributed by atoms with Gasteiger partial charge in [-0.1, -0.05) is 12.6 Å². The summed E-state index contributed by atoms with van der Waals surface area (Å²) >= 11 is 0. The molecule has 1 aromatic heterocycles. The number of aromatic nitrogens is 1. The molecule has 3 heteroatoms. The van der Waals surface area contributed by atoms with Crippen molar-refractivity contribution in [3.8, 4) is 5.75 Å². The van der Waals surface area contributed by atoms with E-state index in [4.69, 9.17) is 9.47 Å². The third kappa shape index (κ3) is 2.30. The molecule has 1 heterocycles. The number of methoxy groups -OCH3 is 1. The highest BCUT2D eigenvalue weighted by atomic mass is 16.5. The number of ether oxygens (including phenoxy) is 2. The first-order chi connectivity index (χ1) is 8.65. The monoisotopic (exact) mass is 243 g/mol. The highest BCUT2D eigenvalue weighted by Gasteiger charge is 2.10. The summed E-state index contributed by atoms with van der Waals surface area (Å²) in [4.78, 5) is 4.48. The summed E-state index contributed by atoms with van der Waals surface area (Å²) in [6.45, 7) is 8.42. The molecule has 94 valence electrons. The molecular weight excluding hydrogens is 226 g/mol. The van der Waals surface area contributed by atoms with Crippen LogP contribution in [0, 0.1) is 6.92 Å². The molecule has 0 N–H and O–H groups in total. The van der Waals surface area contributed by atoms with E-state index in [-0.39, 0.29) is 0 Å². The topological polar surface area (TPSA) is 31.4 Å². The number of rotatable bonds is 4. The Morgan fingerprint density at radius 2 is 2.11 bits per heavy atom. The second-order valence-electron chi connectivity index (χ2n) is 4.05. The van der Waals surface area contributed by atoms with Gasteiger partial charge in [0.1, 0.15) is 11.5 Å². The summed E-state index contributed by atoms with van der Waals surface area (Å²) in [5.74, 6) is 1.36. The van der Waals surface area contributed by atoms with E-state index >= 15 is 0 Å². The lowest BCUT2D eigenvalue weighted by Crippen LogP contribution is -1.96. The fourth-order valence-corrected chi connectivity index (χ4v) is 1.89. The second-order valence-corrected chi connectivity index (χ2v) is 4.05. The quantitative estimate of drug-likeness (QED) is 0.769. The van der Waals surface area contributed by atoms with Gasteiger partial charge in [0.25, 0.3) is 0 Å². The van der Waals surface area contributed by atoms with Gasteiger partial charge in [0.2, 0.25) is 0 Å². The molecule has 0 saturated heterocycles. The van der Waals surface area contributed by atoms with Crippen molar-refractivity contribution in [2.45, 2.75) is 13.8 Å². The molecule has 0 atom stereocenters. The van der Waals surface area contributed by atoms with Crippen molar-refractivity contribution in [1.29, 1.82) is 0 Å². The van der Waals surface area contributed by atoms with Crippen LogP contribution in [0.1, 0.15) is 18.2 Å². The van der Waals surface area contributed by atoms with Gasteiger partial charge in [-0.05, 0) is 26.0 Å². The van der Waals surface area contributed by atoms with E-state index in [1.54, 1.807) is 7.11 Å². The van der Waals surface area contributed by atoms with Crippen LogP contribution in [0.2, 0.25) is 0 Å². The predicted octanol–water partition coefficient (Wildman–Crippen LogP) is 3.56. The zero-order valence-corrected chi connectivity index (χ0v) is 11.0. The van der Waals surface area contributed by atoms with Crippen LogP contribution in [0.5, 0.6) is 5.75 Å². The zero-order chi connectivity index (χ0) is 13.1. The van der Waals surface area contributed by atoms with Crippen LogP contribution in [0.3, 0.4) is 0 Å². The molecule has 0 unspecified atom stereocenters. The van der Waals surface area contributed by atoms with Gasteiger partial charge in [-0.3, -0.25) is 4.98 Å². The first-order valence-electron chi connectivity index (χ1n) is 5.93. The Labute approximate surface area is 107 Å². The van der Waals surface area contributed by atoms with E-state index in [1.807, 2.05) is 38.1 Å². The van der Waals surface area contributed by atoms with Gasteiger partial charge >= 0.3 is 0 Å². The lowest BCUT2D eigenvalue weighted by Gasteiger charge is -2.12. The Kier molecular flexibility index (Phi) is 3.51. The van der Waals surface area contributed by atoms with Crippen LogP contribution < -0.4 is 4.74 Å². The van der Waals surface area contributed by atoms with Crippen LogP contribution in [-0.2, 0) is 4.74 Å². The van der Waals surface area contributed by atoms with Crippen LogP contribution in [0.25, 0.3) is 16.7 Å². The molecule has 0 aliphatic rings. The molecule has 0 bridgehead atoms. The Balaban J connectivity index is 2.59. The largest absolute Gasteiger partial charge is 0.496 e. The fourth-order valence-electron chi connectivity index (χ4n) is 1.89. The van der Waals surface area contributed by atoms with Gasteiger partial charge in [-0.2, -0.15) is 0 Å². The van der Waals surface area contributed by atoms with Gasteiger partial charge < -0.3 is 9.47 Å². The fraction of sp³-hybridized carbons (Fsp3) is 0.267. The highest BCUT2D eigenvalue weighted by Crippen LogP contribution is 2.30. The molecule has 0 radical (unpaired) electrons. The number of fused-ring (bicyclic) bond motifs is 1. The predicted molar refractivity (Wildman–Crippen MR) is 73.7 cm³/mol. The molecule has 0 spiro atoms. The summed E-state index contributed by atoms with van der Waals surface area (Å²) in [6, 6.07) is 7.95. The number of pyridine rings is 1. The van der Waals surface area contributed by atoms with E-state index in [0.717, 1.165) is 27.9 Å². The molecule has 0 saturated carbocycles. The Morgan fingerprint density at radius 1 is 1.33 bits per heavy atom. The van der Waals surface area contributed by atoms with E-state index in [0.29, 0.717) is 12.4 Å². The molecule has 1 aromatic carbocycles. The maximum atomic E-state index is 5.45. The van der Waals surface area contributed by atoms with Gasteiger partial charge in [-0.25, -0.2) is 0 Å². The van der Waals surface area contributed by atoms with E-state index < -0.39 is 0 Å². The third-order valence-electron chi connectivity index (χ3n) is 2.77. The zero-order valence-electron chi connectivity index (χ0n) is 11.0. The number of hydrogen-bond donors (Lipinski definition) is 0. The standard InChI is InChI=1S/C15H17NO2/c1-5-18-11(3)13-8-12-7-6-10(2)16-14(12)9-15(13)17-4/h6-9H,3,5H2,1-2,4H3. The van der Waals surface area contributed by atoms with E-state index in [9.17, 15) is 0 Å². The number of benzene rings is 1. The Morgan fingerprint density at radius 3 is 2.78 bits per heavy atom.